The van der Waals surface area contributed by atoms with Crippen molar-refractivity contribution in [2.24, 2.45) is 0 Å². The minimum Gasteiger partial charge on any atom is -0.398 e. The average molecular weight is 686 g/mol. The van der Waals surface area contributed by atoms with Gasteiger partial charge in [-0.3, -0.25) is 0 Å². The zero-order valence-corrected chi connectivity index (χ0v) is 28.1. The Morgan fingerprint density at radius 1 is 0.358 bits per heavy atom. The minimum atomic E-state index is -0.468. The van der Waals surface area contributed by atoms with Gasteiger partial charge in [-0.2, -0.15) is 0 Å². The summed E-state index contributed by atoms with van der Waals surface area (Å²) in [6.45, 7) is 0. The number of para-hydroxylation sites is 5. The van der Waals surface area contributed by atoms with Crippen LogP contribution in [0, 0.1) is 0 Å². The molecule has 3 nitrogen and oxygen atoms in total. The Morgan fingerprint density at radius 3 is 1.17 bits per heavy atom. The molecule has 0 aliphatic rings. The van der Waals surface area contributed by atoms with Crippen molar-refractivity contribution in [1.82, 2.24) is 9.13 Å². The quantitative estimate of drug-likeness (QED) is 0.184. The lowest BCUT2D eigenvalue weighted by Gasteiger charge is -2.17. The summed E-state index contributed by atoms with van der Waals surface area (Å²) in [7, 11) is 0. The SMILES string of the molecule is [2H]c1c([2H])c([2H])c(-n2c3ccccc3c3c4ccccc4c(-c4cccc(-c5cc6c(c7ccccc57)c5ccccc5n6-c5c([2H])c([2H])c([2H])c([2H])c5[2H])c4N)cc32)c([2H])c1[2H]. The molecule has 11 aromatic rings. The van der Waals surface area contributed by atoms with Gasteiger partial charge in [-0.15, -0.1) is 0 Å². The average Bonchev–Trinajstić information content (AvgIpc) is 3.81. The third kappa shape index (κ3) is 4.28. The summed E-state index contributed by atoms with van der Waals surface area (Å²) in [5.74, 6) is 0. The van der Waals surface area contributed by atoms with Gasteiger partial charge in [0.25, 0.3) is 0 Å². The van der Waals surface area contributed by atoms with E-state index in [0.717, 1.165) is 54.2 Å². The van der Waals surface area contributed by atoms with E-state index < -0.39 is 36.3 Å². The molecular weight excluding hydrogens is 643 g/mol. The van der Waals surface area contributed by atoms with Crippen molar-refractivity contribution in [1.29, 1.82) is 0 Å². The van der Waals surface area contributed by atoms with Gasteiger partial charge in [0.1, 0.15) is 0 Å². The number of aromatic nitrogens is 2. The topological polar surface area (TPSA) is 35.9 Å². The van der Waals surface area contributed by atoms with Gasteiger partial charge in [0.05, 0.1) is 35.8 Å². The monoisotopic (exact) mass is 685 g/mol. The highest BCUT2D eigenvalue weighted by molar-refractivity contribution is 6.26. The molecule has 9 aromatic carbocycles. The molecule has 11 rings (SSSR count). The van der Waals surface area contributed by atoms with Crippen LogP contribution in [0.3, 0.4) is 0 Å². The summed E-state index contributed by atoms with van der Waals surface area (Å²) in [6, 6.07) is 37.2. The van der Waals surface area contributed by atoms with Gasteiger partial charge in [-0.25, -0.2) is 0 Å². The first-order valence-corrected chi connectivity index (χ1v) is 17.3. The first-order chi connectivity index (χ1) is 30.4. The predicted octanol–water partition coefficient (Wildman–Crippen LogP) is 13.1. The lowest BCUT2D eigenvalue weighted by molar-refractivity contribution is 1.18. The summed E-state index contributed by atoms with van der Waals surface area (Å²) < 4.78 is 90.5. The number of hydrogen-bond acceptors (Lipinski definition) is 1. The van der Waals surface area contributed by atoms with Crippen molar-refractivity contribution in [2.45, 2.75) is 0 Å². The molecule has 0 saturated carbocycles. The number of anilines is 1. The number of nitrogen functional groups attached to an aromatic ring is 1. The van der Waals surface area contributed by atoms with Gasteiger partial charge in [0.2, 0.25) is 0 Å². The van der Waals surface area contributed by atoms with Crippen LogP contribution in [0.25, 0.3) is 98.8 Å². The summed E-state index contributed by atoms with van der Waals surface area (Å²) in [5.41, 5.74) is 13.6. The van der Waals surface area contributed by atoms with Crippen molar-refractivity contribution < 1.29 is 13.7 Å². The number of nitrogens with zero attached hydrogens (tertiary/aromatic N) is 2. The van der Waals surface area contributed by atoms with Crippen molar-refractivity contribution in [3.8, 4) is 33.6 Å². The maximum Gasteiger partial charge on any atom is 0.0645 e. The second-order valence-corrected chi connectivity index (χ2v) is 13.1. The molecule has 0 spiro atoms. The summed E-state index contributed by atoms with van der Waals surface area (Å²) in [6.07, 6.45) is 0. The van der Waals surface area contributed by atoms with Gasteiger partial charge in [-0.1, -0.05) is 139 Å². The Kier molecular flexibility index (Phi) is 4.61. The van der Waals surface area contributed by atoms with Crippen LogP contribution in [0.2, 0.25) is 0 Å². The molecule has 0 amide bonds. The largest absolute Gasteiger partial charge is 0.398 e. The number of nitrogens with two attached hydrogens (primary N) is 1. The van der Waals surface area contributed by atoms with E-state index in [9.17, 15) is 0 Å². The van der Waals surface area contributed by atoms with E-state index in [4.69, 9.17) is 19.4 Å². The predicted molar refractivity (Wildman–Crippen MR) is 225 cm³/mol. The van der Waals surface area contributed by atoms with Gasteiger partial charge < -0.3 is 14.9 Å². The molecule has 0 bridgehead atoms. The van der Waals surface area contributed by atoms with Gasteiger partial charge in [0.15, 0.2) is 0 Å². The molecule has 53 heavy (non-hydrogen) atoms. The second kappa shape index (κ2) is 11.5. The molecule has 2 N–H and O–H groups in total. The van der Waals surface area contributed by atoms with Crippen LogP contribution in [0.15, 0.2) is 188 Å². The fourth-order valence-electron chi connectivity index (χ4n) is 8.33. The summed E-state index contributed by atoms with van der Waals surface area (Å²) in [5, 5.41) is 7.04. The van der Waals surface area contributed by atoms with Crippen molar-refractivity contribution in [3.63, 3.8) is 0 Å². The number of rotatable bonds is 4. The van der Waals surface area contributed by atoms with Gasteiger partial charge in [0, 0.05) is 49.7 Å². The molecule has 0 atom stereocenters. The third-order valence-electron chi connectivity index (χ3n) is 10.5. The normalized spacial score (nSPS) is 14.5. The van der Waals surface area contributed by atoms with Crippen LogP contribution >= 0.6 is 0 Å². The molecule has 248 valence electrons. The fourth-order valence-corrected chi connectivity index (χ4v) is 8.33. The lowest BCUT2D eigenvalue weighted by Crippen LogP contribution is -1.98. The highest BCUT2D eigenvalue weighted by Gasteiger charge is 2.22. The minimum absolute atomic E-state index is 0.0458. The van der Waals surface area contributed by atoms with Crippen LogP contribution < -0.4 is 5.73 Å². The first kappa shape index (κ1) is 21.3. The van der Waals surface area contributed by atoms with Gasteiger partial charge >= 0.3 is 0 Å². The molecule has 0 aliphatic carbocycles. The van der Waals surface area contributed by atoms with Crippen LogP contribution in [-0.2, 0) is 0 Å². The second-order valence-electron chi connectivity index (χ2n) is 13.1. The van der Waals surface area contributed by atoms with E-state index in [1.165, 1.54) is 0 Å². The molecule has 3 heteroatoms. The van der Waals surface area contributed by atoms with E-state index in [1.54, 1.807) is 9.13 Å². The molecule has 2 heterocycles. The number of benzene rings is 9. The highest BCUT2D eigenvalue weighted by Crippen LogP contribution is 2.47. The lowest BCUT2D eigenvalue weighted by atomic mass is 9.89. The van der Waals surface area contributed by atoms with Gasteiger partial charge in [-0.05, 0) is 81.1 Å². The van der Waals surface area contributed by atoms with E-state index in [-0.39, 0.29) is 35.5 Å². The van der Waals surface area contributed by atoms with Crippen molar-refractivity contribution in [3.05, 3.63) is 188 Å². The molecule has 0 fully saturated rings. The van der Waals surface area contributed by atoms with E-state index in [1.807, 2.05) is 127 Å². The fraction of sp³-hybridized carbons (Fsp3) is 0. The highest BCUT2D eigenvalue weighted by atomic mass is 15.0. The Hall–Kier alpha value is -7.10. The smallest absolute Gasteiger partial charge is 0.0645 e. The molecular formula is C50H33N3. The van der Waals surface area contributed by atoms with Crippen LogP contribution in [0.4, 0.5) is 5.69 Å². The first-order valence-electron chi connectivity index (χ1n) is 22.3. The van der Waals surface area contributed by atoms with Crippen LogP contribution in [0.1, 0.15) is 13.7 Å². The Bertz CT molecular complexity index is 3530. The zero-order valence-electron chi connectivity index (χ0n) is 38.1. The standard InChI is InChI=1S/C50H33N3/c51-50-38(42-30-46-48(36-22-9-7-20-34(36)42)40-24-11-13-28-44(40)52(46)32-16-3-1-4-17-32)26-15-27-39(50)43-31-47-49(37-23-10-8-21-35(37)43)41-25-12-14-29-45(41)53(47)33-18-5-2-6-19-33/h1-31H,51H2/i1D,2D,3D,4D,5D,6D,16D,17D,18D,19D. The van der Waals surface area contributed by atoms with E-state index in [2.05, 4.69) is 0 Å². The molecule has 0 aliphatic heterocycles. The molecule has 0 unspecified atom stereocenters. The summed E-state index contributed by atoms with van der Waals surface area (Å²) >= 11 is 0. The molecule has 0 radical (unpaired) electrons. The molecule has 0 saturated heterocycles. The van der Waals surface area contributed by atoms with Crippen LogP contribution in [-0.4, -0.2) is 9.13 Å². The number of hydrogen-bond donors (Lipinski definition) is 1. The Labute approximate surface area is 320 Å². The van der Waals surface area contributed by atoms with E-state index >= 15 is 0 Å². The zero-order chi connectivity index (χ0) is 43.7. The Balaban J connectivity index is 1.24. The summed E-state index contributed by atoms with van der Waals surface area (Å²) in [4.78, 5) is 0. The van der Waals surface area contributed by atoms with Crippen molar-refractivity contribution in [2.75, 3.05) is 5.73 Å². The third-order valence-corrected chi connectivity index (χ3v) is 10.5. The maximum atomic E-state index is 9.02. The number of fused-ring (bicyclic) bond motifs is 10. The molecule has 2 aromatic heterocycles. The maximum absolute atomic E-state index is 9.02. The van der Waals surface area contributed by atoms with Crippen LogP contribution in [0.5, 0.6) is 0 Å². The van der Waals surface area contributed by atoms with E-state index in [0.29, 0.717) is 38.9 Å². The Morgan fingerprint density at radius 2 is 0.736 bits per heavy atom. The van der Waals surface area contributed by atoms with Crippen molar-refractivity contribution >= 4 is 70.8 Å².